The predicted octanol–water partition coefficient (Wildman–Crippen LogP) is 4.21. The number of nitrogens with zero attached hydrogens (tertiary/aromatic N) is 1. The third-order valence-corrected chi connectivity index (χ3v) is 6.72. The molecule has 3 aromatic rings. The highest BCUT2D eigenvalue weighted by atomic mass is 32.2. The van der Waals surface area contributed by atoms with Gasteiger partial charge in [0, 0.05) is 25.2 Å². The fourth-order valence-electron chi connectivity index (χ4n) is 3.68. The Hall–Kier alpha value is -3.72. The van der Waals surface area contributed by atoms with Crippen LogP contribution in [-0.2, 0) is 21.2 Å². The fraction of sp³-hybridized carbons (Fsp3) is 0.208. The van der Waals surface area contributed by atoms with Crippen LogP contribution in [0.25, 0.3) is 0 Å². The van der Waals surface area contributed by atoms with Gasteiger partial charge in [0.2, 0.25) is 5.91 Å². The van der Waals surface area contributed by atoms with E-state index in [9.17, 15) is 13.2 Å². The number of ether oxygens (including phenoxy) is 3. The van der Waals surface area contributed by atoms with Crippen molar-refractivity contribution in [3.05, 3.63) is 66.2 Å². The van der Waals surface area contributed by atoms with Crippen LogP contribution in [-0.4, -0.2) is 35.1 Å². The van der Waals surface area contributed by atoms with Gasteiger partial charge in [-0.15, -0.1) is 0 Å². The molecule has 1 aliphatic rings. The number of methoxy groups -OCH3 is 2. The monoisotopic (exact) mass is 468 g/mol. The summed E-state index contributed by atoms with van der Waals surface area (Å²) in [7, 11) is -0.770. The standard InChI is InChI=1S/C24H24N2O6S/c1-16(27)26-13-12-17-14-21(9-10-22(17)26)33(28,29)25-18-4-11-23(31-3)24(15-18)32-20-7-5-19(30-2)6-8-20/h4-11,14-15,25H,12-13H2,1-3H3. The molecular weight excluding hydrogens is 444 g/mol. The van der Waals surface area contributed by atoms with E-state index in [1.54, 1.807) is 66.6 Å². The molecule has 172 valence electrons. The first kappa shape index (κ1) is 22.5. The first-order chi connectivity index (χ1) is 15.8. The van der Waals surface area contributed by atoms with E-state index in [2.05, 4.69) is 4.72 Å². The van der Waals surface area contributed by atoms with E-state index in [1.807, 2.05) is 0 Å². The Labute approximate surface area is 192 Å². The maximum atomic E-state index is 13.0. The average molecular weight is 469 g/mol. The molecule has 0 saturated heterocycles. The van der Waals surface area contributed by atoms with Gasteiger partial charge in [0.15, 0.2) is 11.5 Å². The highest BCUT2D eigenvalue weighted by Crippen LogP contribution is 2.36. The summed E-state index contributed by atoms with van der Waals surface area (Å²) in [5.41, 5.74) is 1.90. The molecule has 0 saturated carbocycles. The summed E-state index contributed by atoms with van der Waals surface area (Å²) >= 11 is 0. The number of nitrogens with one attached hydrogen (secondary N) is 1. The molecule has 1 N–H and O–H groups in total. The van der Waals surface area contributed by atoms with Gasteiger partial charge in [0.25, 0.3) is 10.0 Å². The van der Waals surface area contributed by atoms with E-state index in [1.165, 1.54) is 20.1 Å². The Bertz CT molecular complexity index is 1290. The van der Waals surface area contributed by atoms with E-state index in [0.717, 1.165) is 11.3 Å². The molecule has 3 aromatic carbocycles. The summed E-state index contributed by atoms with van der Waals surface area (Å²) in [6, 6.07) is 16.6. The number of benzene rings is 3. The molecule has 0 spiro atoms. The van der Waals surface area contributed by atoms with E-state index in [4.69, 9.17) is 14.2 Å². The third-order valence-electron chi connectivity index (χ3n) is 5.34. The van der Waals surface area contributed by atoms with Crippen molar-refractivity contribution in [3.63, 3.8) is 0 Å². The summed E-state index contributed by atoms with van der Waals surface area (Å²) < 4.78 is 45.1. The van der Waals surface area contributed by atoms with Crippen LogP contribution in [0, 0.1) is 0 Å². The van der Waals surface area contributed by atoms with Crippen molar-refractivity contribution in [3.8, 4) is 23.0 Å². The number of rotatable bonds is 7. The molecule has 8 nitrogen and oxygen atoms in total. The molecule has 0 unspecified atom stereocenters. The molecule has 0 aromatic heterocycles. The molecule has 1 aliphatic heterocycles. The molecule has 1 amide bonds. The molecule has 0 aliphatic carbocycles. The largest absolute Gasteiger partial charge is 0.497 e. The van der Waals surface area contributed by atoms with Crippen molar-refractivity contribution in [1.82, 2.24) is 0 Å². The van der Waals surface area contributed by atoms with Gasteiger partial charge in [0.05, 0.1) is 24.8 Å². The number of anilines is 2. The minimum Gasteiger partial charge on any atom is -0.497 e. The van der Waals surface area contributed by atoms with Crippen LogP contribution in [0.2, 0.25) is 0 Å². The summed E-state index contributed by atoms with van der Waals surface area (Å²) in [4.78, 5) is 13.5. The maximum Gasteiger partial charge on any atom is 0.261 e. The molecule has 33 heavy (non-hydrogen) atoms. The van der Waals surface area contributed by atoms with E-state index >= 15 is 0 Å². The zero-order valence-electron chi connectivity index (χ0n) is 18.5. The van der Waals surface area contributed by atoms with Crippen molar-refractivity contribution in [2.24, 2.45) is 0 Å². The third kappa shape index (κ3) is 4.73. The van der Waals surface area contributed by atoms with Gasteiger partial charge in [-0.1, -0.05) is 0 Å². The summed E-state index contributed by atoms with van der Waals surface area (Å²) in [5.74, 6) is 1.98. The normalized spacial score (nSPS) is 12.8. The van der Waals surface area contributed by atoms with Gasteiger partial charge in [-0.05, 0) is 66.6 Å². The number of fused-ring (bicyclic) bond motifs is 1. The molecule has 0 bridgehead atoms. The first-order valence-corrected chi connectivity index (χ1v) is 11.7. The van der Waals surface area contributed by atoms with Crippen LogP contribution in [0.4, 0.5) is 11.4 Å². The van der Waals surface area contributed by atoms with Crippen LogP contribution >= 0.6 is 0 Å². The molecule has 0 radical (unpaired) electrons. The smallest absolute Gasteiger partial charge is 0.261 e. The maximum absolute atomic E-state index is 13.0. The quantitative estimate of drug-likeness (QED) is 0.558. The zero-order chi connectivity index (χ0) is 23.6. The van der Waals surface area contributed by atoms with Crippen LogP contribution in [0.3, 0.4) is 0 Å². The number of carbonyl (C=O) groups is 1. The van der Waals surface area contributed by atoms with Crippen LogP contribution in [0.5, 0.6) is 23.0 Å². The second-order valence-corrected chi connectivity index (χ2v) is 9.14. The Morgan fingerprint density at radius 3 is 2.30 bits per heavy atom. The minimum absolute atomic E-state index is 0.0647. The summed E-state index contributed by atoms with van der Waals surface area (Å²) in [6.07, 6.45) is 0.612. The number of carbonyl (C=O) groups excluding carboxylic acids is 1. The van der Waals surface area contributed by atoms with Gasteiger partial charge >= 0.3 is 0 Å². The SMILES string of the molecule is COc1ccc(Oc2cc(NS(=O)(=O)c3ccc4c(c3)CCN4C(C)=O)ccc2OC)cc1. The van der Waals surface area contributed by atoms with Gasteiger partial charge in [-0.25, -0.2) is 8.42 Å². The van der Waals surface area contributed by atoms with Gasteiger partial charge in [-0.2, -0.15) is 0 Å². The highest BCUT2D eigenvalue weighted by Gasteiger charge is 2.25. The molecular formula is C24H24N2O6S. The van der Waals surface area contributed by atoms with Crippen molar-refractivity contribution in [1.29, 1.82) is 0 Å². The molecule has 0 fully saturated rings. The van der Waals surface area contributed by atoms with E-state index in [0.29, 0.717) is 41.7 Å². The van der Waals surface area contributed by atoms with Gasteiger partial charge in [0.1, 0.15) is 11.5 Å². The fourth-order valence-corrected chi connectivity index (χ4v) is 4.78. The second kappa shape index (κ2) is 9.03. The Balaban J connectivity index is 1.58. The van der Waals surface area contributed by atoms with Crippen LogP contribution in [0.15, 0.2) is 65.6 Å². The predicted molar refractivity (Wildman–Crippen MR) is 125 cm³/mol. The molecule has 1 heterocycles. The number of hydrogen-bond donors (Lipinski definition) is 1. The lowest BCUT2D eigenvalue weighted by atomic mass is 10.2. The Morgan fingerprint density at radius 1 is 0.909 bits per heavy atom. The number of sulfonamides is 1. The second-order valence-electron chi connectivity index (χ2n) is 7.46. The number of hydrogen-bond acceptors (Lipinski definition) is 6. The topological polar surface area (TPSA) is 94.2 Å². The van der Waals surface area contributed by atoms with Crippen molar-refractivity contribution < 1.29 is 27.4 Å². The Morgan fingerprint density at radius 2 is 1.64 bits per heavy atom. The van der Waals surface area contributed by atoms with Crippen molar-refractivity contribution in [2.45, 2.75) is 18.2 Å². The van der Waals surface area contributed by atoms with Crippen molar-refractivity contribution in [2.75, 3.05) is 30.4 Å². The summed E-state index contributed by atoms with van der Waals surface area (Å²) in [6.45, 7) is 2.04. The van der Waals surface area contributed by atoms with Gasteiger partial charge < -0.3 is 19.1 Å². The number of amides is 1. The van der Waals surface area contributed by atoms with Crippen LogP contribution in [0.1, 0.15) is 12.5 Å². The Kier molecular flexibility index (Phi) is 6.15. The van der Waals surface area contributed by atoms with Gasteiger partial charge in [-0.3, -0.25) is 9.52 Å². The zero-order valence-corrected chi connectivity index (χ0v) is 19.3. The lowest BCUT2D eigenvalue weighted by molar-refractivity contribution is -0.116. The molecule has 0 atom stereocenters. The van der Waals surface area contributed by atoms with E-state index in [-0.39, 0.29) is 10.8 Å². The van der Waals surface area contributed by atoms with Crippen LogP contribution < -0.4 is 23.8 Å². The lowest BCUT2D eigenvalue weighted by Gasteiger charge is -2.16. The highest BCUT2D eigenvalue weighted by molar-refractivity contribution is 7.92. The first-order valence-electron chi connectivity index (χ1n) is 10.2. The minimum atomic E-state index is -3.86. The summed E-state index contributed by atoms with van der Waals surface area (Å²) in [5, 5.41) is 0. The molecule has 9 heteroatoms. The van der Waals surface area contributed by atoms with E-state index < -0.39 is 10.0 Å². The lowest BCUT2D eigenvalue weighted by Crippen LogP contribution is -2.25. The molecule has 4 rings (SSSR count). The average Bonchev–Trinajstić information content (AvgIpc) is 3.23. The van der Waals surface area contributed by atoms with Crippen molar-refractivity contribution >= 4 is 27.3 Å².